The lowest BCUT2D eigenvalue weighted by Crippen LogP contribution is -2.25. The third-order valence-corrected chi connectivity index (χ3v) is 3.90. The molecule has 0 bridgehead atoms. The Hall–Kier alpha value is -2.73. The molecule has 25 heavy (non-hydrogen) atoms. The van der Waals surface area contributed by atoms with Crippen LogP contribution in [0.15, 0.2) is 42.5 Å². The van der Waals surface area contributed by atoms with Crippen LogP contribution in [-0.2, 0) is 6.54 Å². The summed E-state index contributed by atoms with van der Waals surface area (Å²) in [7, 11) is 0. The number of aromatic nitrogens is 4. The molecule has 6 heteroatoms. The number of aliphatic hydroxyl groups excluding tert-OH is 1. The number of aryl methyl sites for hydroxylation is 3. The van der Waals surface area contributed by atoms with Crippen molar-refractivity contribution in [3.05, 3.63) is 59.2 Å². The van der Waals surface area contributed by atoms with Crippen LogP contribution in [0.5, 0.6) is 5.75 Å². The van der Waals surface area contributed by atoms with Crippen molar-refractivity contribution in [3.63, 3.8) is 0 Å². The van der Waals surface area contributed by atoms with Crippen molar-refractivity contribution in [2.45, 2.75) is 33.4 Å². The smallest absolute Gasteiger partial charge is 0.204 e. The molecule has 3 aromatic rings. The summed E-state index contributed by atoms with van der Waals surface area (Å²) in [6.07, 6.45) is -0.722. The summed E-state index contributed by atoms with van der Waals surface area (Å²) >= 11 is 0. The van der Waals surface area contributed by atoms with E-state index < -0.39 is 6.10 Å². The number of hydrogen-bond acceptors (Lipinski definition) is 5. The second-order valence-electron chi connectivity index (χ2n) is 6.27. The Kier molecular flexibility index (Phi) is 5.09. The summed E-state index contributed by atoms with van der Waals surface area (Å²) in [6, 6.07) is 13.9. The second kappa shape index (κ2) is 7.44. The van der Waals surface area contributed by atoms with Crippen LogP contribution in [0, 0.1) is 20.8 Å². The Labute approximate surface area is 147 Å². The molecule has 0 unspecified atom stereocenters. The lowest BCUT2D eigenvalue weighted by atomic mass is 10.1. The van der Waals surface area contributed by atoms with Gasteiger partial charge in [0.1, 0.15) is 18.5 Å². The molecule has 2 aromatic carbocycles. The molecule has 0 aliphatic carbocycles. The third kappa shape index (κ3) is 4.42. The van der Waals surface area contributed by atoms with Gasteiger partial charge >= 0.3 is 0 Å². The molecule has 1 aromatic heterocycles. The minimum Gasteiger partial charge on any atom is -0.491 e. The molecule has 1 N–H and O–H groups in total. The minimum absolute atomic E-state index is 0.172. The summed E-state index contributed by atoms with van der Waals surface area (Å²) < 4.78 is 5.69. The van der Waals surface area contributed by atoms with E-state index in [1.54, 1.807) is 0 Å². The number of ether oxygens (including phenoxy) is 1. The van der Waals surface area contributed by atoms with Crippen LogP contribution in [0.25, 0.3) is 11.4 Å². The van der Waals surface area contributed by atoms with E-state index in [0.29, 0.717) is 5.82 Å². The van der Waals surface area contributed by atoms with E-state index in [0.717, 1.165) is 16.9 Å². The maximum Gasteiger partial charge on any atom is 0.204 e. The average Bonchev–Trinajstić information content (AvgIpc) is 3.03. The van der Waals surface area contributed by atoms with Crippen molar-refractivity contribution in [2.75, 3.05) is 6.61 Å². The summed E-state index contributed by atoms with van der Waals surface area (Å²) in [5.41, 5.74) is 4.31. The first-order valence-electron chi connectivity index (χ1n) is 8.24. The van der Waals surface area contributed by atoms with E-state index in [9.17, 15) is 5.11 Å². The van der Waals surface area contributed by atoms with Crippen molar-refractivity contribution in [1.82, 2.24) is 20.2 Å². The van der Waals surface area contributed by atoms with Gasteiger partial charge in [-0.3, -0.25) is 0 Å². The van der Waals surface area contributed by atoms with Crippen LogP contribution in [0.3, 0.4) is 0 Å². The molecule has 130 valence electrons. The highest BCUT2D eigenvalue weighted by Crippen LogP contribution is 2.19. The Bertz CT molecular complexity index is 843. The molecule has 3 rings (SSSR count). The lowest BCUT2D eigenvalue weighted by molar-refractivity contribution is 0.0847. The van der Waals surface area contributed by atoms with Crippen molar-refractivity contribution in [3.8, 4) is 17.1 Å². The fourth-order valence-corrected chi connectivity index (χ4v) is 2.53. The SMILES string of the molecule is Cc1ccc(-c2nnn(C[C@@H](O)COc3ccc(C)cc3C)n2)cc1. The van der Waals surface area contributed by atoms with Crippen LogP contribution in [0.1, 0.15) is 16.7 Å². The fraction of sp³-hybridized carbons (Fsp3) is 0.316. The number of aliphatic hydroxyl groups is 1. The topological polar surface area (TPSA) is 73.1 Å². The molecule has 0 spiro atoms. The molecule has 0 saturated heterocycles. The van der Waals surface area contributed by atoms with Crippen molar-refractivity contribution in [1.29, 1.82) is 0 Å². The molecular weight excluding hydrogens is 316 g/mol. The molecule has 0 aliphatic rings. The maximum absolute atomic E-state index is 10.2. The van der Waals surface area contributed by atoms with E-state index in [-0.39, 0.29) is 13.2 Å². The van der Waals surface area contributed by atoms with Crippen LogP contribution >= 0.6 is 0 Å². The van der Waals surface area contributed by atoms with Gasteiger partial charge in [0.15, 0.2) is 0 Å². The molecule has 6 nitrogen and oxygen atoms in total. The number of benzene rings is 2. The molecule has 1 atom stereocenters. The van der Waals surface area contributed by atoms with E-state index in [1.165, 1.54) is 15.9 Å². The molecule has 0 saturated carbocycles. The summed E-state index contributed by atoms with van der Waals surface area (Å²) in [5.74, 6) is 1.32. The normalized spacial score (nSPS) is 12.2. The average molecular weight is 338 g/mol. The maximum atomic E-state index is 10.2. The highest BCUT2D eigenvalue weighted by molar-refractivity contribution is 5.53. The van der Waals surface area contributed by atoms with Gasteiger partial charge < -0.3 is 9.84 Å². The van der Waals surface area contributed by atoms with Gasteiger partial charge in [0.05, 0.1) is 6.54 Å². The van der Waals surface area contributed by atoms with E-state index >= 15 is 0 Å². The zero-order valence-electron chi connectivity index (χ0n) is 14.7. The minimum atomic E-state index is -0.722. The summed E-state index contributed by atoms with van der Waals surface area (Å²) in [5, 5.41) is 22.5. The monoisotopic (exact) mass is 338 g/mol. The van der Waals surface area contributed by atoms with Crippen LogP contribution in [-0.4, -0.2) is 38.0 Å². The Balaban J connectivity index is 1.58. The van der Waals surface area contributed by atoms with Gasteiger partial charge in [0, 0.05) is 5.56 Å². The quantitative estimate of drug-likeness (QED) is 0.748. The van der Waals surface area contributed by atoms with Crippen LogP contribution in [0.2, 0.25) is 0 Å². The van der Waals surface area contributed by atoms with E-state index in [1.807, 2.05) is 57.2 Å². The van der Waals surface area contributed by atoms with Crippen molar-refractivity contribution >= 4 is 0 Å². The van der Waals surface area contributed by atoms with Gasteiger partial charge in [0.2, 0.25) is 5.82 Å². The molecule has 0 radical (unpaired) electrons. The Morgan fingerprint density at radius 3 is 2.48 bits per heavy atom. The first-order valence-corrected chi connectivity index (χ1v) is 8.24. The third-order valence-electron chi connectivity index (χ3n) is 3.90. The molecule has 0 fully saturated rings. The summed E-state index contributed by atoms with van der Waals surface area (Å²) in [4.78, 5) is 1.39. The number of rotatable bonds is 6. The molecule has 0 aliphatic heterocycles. The Morgan fingerprint density at radius 1 is 1.04 bits per heavy atom. The number of nitrogens with zero attached hydrogens (tertiary/aromatic N) is 4. The molecular formula is C19H22N4O2. The van der Waals surface area contributed by atoms with Crippen molar-refractivity contribution < 1.29 is 9.84 Å². The predicted molar refractivity (Wildman–Crippen MR) is 95.4 cm³/mol. The lowest BCUT2D eigenvalue weighted by Gasteiger charge is -2.13. The van der Waals surface area contributed by atoms with Crippen LogP contribution in [0.4, 0.5) is 0 Å². The second-order valence-corrected chi connectivity index (χ2v) is 6.27. The summed E-state index contributed by atoms with van der Waals surface area (Å²) in [6.45, 7) is 6.45. The number of tetrazole rings is 1. The first kappa shape index (κ1) is 17.1. The van der Waals surface area contributed by atoms with Gasteiger partial charge in [-0.15, -0.1) is 10.2 Å². The van der Waals surface area contributed by atoms with Crippen molar-refractivity contribution in [2.24, 2.45) is 0 Å². The first-order chi connectivity index (χ1) is 12.0. The van der Waals surface area contributed by atoms with Gasteiger partial charge in [-0.2, -0.15) is 4.80 Å². The van der Waals surface area contributed by atoms with E-state index in [4.69, 9.17) is 4.74 Å². The van der Waals surface area contributed by atoms with Gasteiger partial charge in [-0.1, -0.05) is 47.5 Å². The zero-order chi connectivity index (χ0) is 17.8. The highest BCUT2D eigenvalue weighted by Gasteiger charge is 2.12. The van der Waals surface area contributed by atoms with Gasteiger partial charge in [0.25, 0.3) is 0 Å². The highest BCUT2D eigenvalue weighted by atomic mass is 16.5. The number of hydrogen-bond donors (Lipinski definition) is 1. The van der Waals surface area contributed by atoms with Crippen LogP contribution < -0.4 is 4.74 Å². The predicted octanol–water partition coefficient (Wildman–Crippen LogP) is 2.71. The standard InChI is InChI=1S/C19H22N4O2/c1-13-4-7-16(8-5-13)19-20-22-23(21-19)11-17(24)12-25-18-9-6-14(2)10-15(18)3/h4-10,17,24H,11-12H2,1-3H3/t17-/m1/s1. The van der Waals surface area contributed by atoms with E-state index in [2.05, 4.69) is 21.5 Å². The zero-order valence-corrected chi connectivity index (χ0v) is 14.7. The Morgan fingerprint density at radius 2 is 1.76 bits per heavy atom. The van der Waals surface area contributed by atoms with Gasteiger partial charge in [-0.25, -0.2) is 0 Å². The molecule has 0 amide bonds. The largest absolute Gasteiger partial charge is 0.491 e. The fourth-order valence-electron chi connectivity index (χ4n) is 2.53. The molecule has 1 heterocycles. The van der Waals surface area contributed by atoms with Gasteiger partial charge in [-0.05, 0) is 37.6 Å².